The number of allylic oxidation sites excluding steroid dienone is 2. The fourth-order valence-corrected chi connectivity index (χ4v) is 1.93. The van der Waals surface area contributed by atoms with Gasteiger partial charge in [-0.25, -0.2) is 0 Å². The zero-order valence-corrected chi connectivity index (χ0v) is 10.2. The highest BCUT2D eigenvalue weighted by Gasteiger charge is 2.01. The number of hydrogen-bond acceptors (Lipinski definition) is 2. The predicted octanol–water partition coefficient (Wildman–Crippen LogP) is 4.00. The summed E-state index contributed by atoms with van der Waals surface area (Å²) < 4.78 is 5.16. The van der Waals surface area contributed by atoms with Gasteiger partial charge in [-0.1, -0.05) is 37.8 Å². The fourth-order valence-electron chi connectivity index (χ4n) is 1.93. The Balaban J connectivity index is 2.20. The van der Waals surface area contributed by atoms with Crippen LogP contribution in [0.4, 0.5) is 0 Å². The molecule has 1 aliphatic rings. The van der Waals surface area contributed by atoms with E-state index < -0.39 is 0 Å². The molecule has 0 aromatic heterocycles. The van der Waals surface area contributed by atoms with Crippen molar-refractivity contribution >= 4 is 5.97 Å². The molecule has 2 nitrogen and oxygen atoms in total. The molecule has 0 saturated carbocycles. The van der Waals surface area contributed by atoms with Crippen molar-refractivity contribution in [3.63, 3.8) is 0 Å². The molecular formula is C14H24O2. The van der Waals surface area contributed by atoms with Crippen LogP contribution in [0.2, 0.25) is 0 Å². The number of carbonyl (C=O) groups is 1. The van der Waals surface area contributed by atoms with Gasteiger partial charge in [0.2, 0.25) is 0 Å². The van der Waals surface area contributed by atoms with Crippen LogP contribution in [0.5, 0.6) is 0 Å². The normalized spacial score (nSPS) is 23.9. The summed E-state index contributed by atoms with van der Waals surface area (Å²) in [6.07, 6.45) is 15.6. The number of carbonyl (C=O) groups excluding carboxylic acids is 1. The van der Waals surface area contributed by atoms with Crippen LogP contribution in [0.15, 0.2) is 12.2 Å². The molecule has 0 atom stereocenters. The number of rotatable bonds is 0. The molecule has 0 fully saturated rings. The first-order valence-corrected chi connectivity index (χ1v) is 6.70. The van der Waals surface area contributed by atoms with E-state index in [2.05, 4.69) is 12.2 Å². The molecule has 1 heterocycles. The maximum Gasteiger partial charge on any atom is 0.305 e. The standard InChI is InChI=1S/C14H24O2/c15-14-12-10-8-6-4-2-1-3-5-7-9-11-13-16-14/h4,6H,1-3,5,7-13H2/b6-4-. The van der Waals surface area contributed by atoms with Crippen molar-refractivity contribution < 1.29 is 9.53 Å². The van der Waals surface area contributed by atoms with E-state index in [1.54, 1.807) is 0 Å². The summed E-state index contributed by atoms with van der Waals surface area (Å²) in [6.45, 7) is 0.620. The zero-order chi connectivity index (χ0) is 11.5. The fraction of sp³-hybridized carbons (Fsp3) is 0.786. The Morgan fingerprint density at radius 3 is 2.25 bits per heavy atom. The molecule has 0 amide bonds. The molecule has 92 valence electrons. The molecule has 0 aromatic rings. The van der Waals surface area contributed by atoms with E-state index in [1.807, 2.05) is 0 Å². The summed E-state index contributed by atoms with van der Waals surface area (Å²) >= 11 is 0. The van der Waals surface area contributed by atoms with Crippen LogP contribution in [0.3, 0.4) is 0 Å². The molecule has 1 aliphatic heterocycles. The lowest BCUT2D eigenvalue weighted by Gasteiger charge is -2.03. The van der Waals surface area contributed by atoms with Gasteiger partial charge in [0.25, 0.3) is 0 Å². The number of hydrogen-bond donors (Lipinski definition) is 0. The molecule has 0 N–H and O–H groups in total. The monoisotopic (exact) mass is 224 g/mol. The molecule has 1 rings (SSSR count). The van der Waals surface area contributed by atoms with Gasteiger partial charge in [-0.15, -0.1) is 0 Å². The van der Waals surface area contributed by atoms with Crippen LogP contribution in [0.1, 0.15) is 64.2 Å². The lowest BCUT2D eigenvalue weighted by Crippen LogP contribution is -2.05. The van der Waals surface area contributed by atoms with E-state index in [9.17, 15) is 4.79 Å². The van der Waals surface area contributed by atoms with Crippen LogP contribution in [0, 0.1) is 0 Å². The smallest absolute Gasteiger partial charge is 0.305 e. The highest BCUT2D eigenvalue weighted by Crippen LogP contribution is 2.09. The SMILES string of the molecule is O=C1CCC/C=C\CCCCCCCCO1. The summed E-state index contributed by atoms with van der Waals surface area (Å²) in [7, 11) is 0. The lowest BCUT2D eigenvalue weighted by atomic mass is 10.1. The maximum atomic E-state index is 11.3. The third kappa shape index (κ3) is 7.49. The maximum absolute atomic E-state index is 11.3. The highest BCUT2D eigenvalue weighted by atomic mass is 16.5. The van der Waals surface area contributed by atoms with E-state index in [1.165, 1.54) is 38.5 Å². The van der Waals surface area contributed by atoms with Crippen molar-refractivity contribution in [2.75, 3.05) is 6.61 Å². The van der Waals surface area contributed by atoms with Gasteiger partial charge in [0, 0.05) is 6.42 Å². The molecule has 0 radical (unpaired) electrons. The van der Waals surface area contributed by atoms with Gasteiger partial charge in [0.15, 0.2) is 0 Å². The molecule has 0 saturated heterocycles. The van der Waals surface area contributed by atoms with Crippen LogP contribution in [0.25, 0.3) is 0 Å². The molecular weight excluding hydrogens is 200 g/mol. The summed E-state index contributed by atoms with van der Waals surface area (Å²) in [6, 6.07) is 0. The number of ether oxygens (including phenoxy) is 1. The Morgan fingerprint density at radius 2 is 1.44 bits per heavy atom. The van der Waals surface area contributed by atoms with Gasteiger partial charge in [-0.3, -0.25) is 4.79 Å². The Morgan fingerprint density at radius 1 is 0.812 bits per heavy atom. The minimum atomic E-state index is -0.0247. The third-order valence-corrected chi connectivity index (χ3v) is 2.95. The van der Waals surface area contributed by atoms with E-state index in [-0.39, 0.29) is 5.97 Å². The first kappa shape index (κ1) is 13.3. The second-order valence-electron chi connectivity index (χ2n) is 4.49. The number of esters is 1. The average molecular weight is 224 g/mol. The topological polar surface area (TPSA) is 26.3 Å². The van der Waals surface area contributed by atoms with Gasteiger partial charge in [-0.2, -0.15) is 0 Å². The van der Waals surface area contributed by atoms with E-state index >= 15 is 0 Å². The van der Waals surface area contributed by atoms with Crippen molar-refractivity contribution in [3.05, 3.63) is 12.2 Å². The summed E-state index contributed by atoms with van der Waals surface area (Å²) in [5.41, 5.74) is 0. The molecule has 0 bridgehead atoms. The average Bonchev–Trinajstić information content (AvgIpc) is 2.29. The molecule has 0 aliphatic carbocycles. The predicted molar refractivity (Wildman–Crippen MR) is 66.3 cm³/mol. The van der Waals surface area contributed by atoms with E-state index in [4.69, 9.17) is 4.74 Å². The lowest BCUT2D eigenvalue weighted by molar-refractivity contribution is -0.143. The summed E-state index contributed by atoms with van der Waals surface area (Å²) in [5.74, 6) is -0.0247. The second kappa shape index (κ2) is 9.44. The van der Waals surface area contributed by atoms with Gasteiger partial charge >= 0.3 is 5.97 Å². The summed E-state index contributed by atoms with van der Waals surface area (Å²) in [4.78, 5) is 11.3. The molecule has 0 unspecified atom stereocenters. The van der Waals surface area contributed by atoms with Crippen molar-refractivity contribution in [3.8, 4) is 0 Å². The van der Waals surface area contributed by atoms with Crippen LogP contribution in [-0.4, -0.2) is 12.6 Å². The summed E-state index contributed by atoms with van der Waals surface area (Å²) in [5, 5.41) is 0. The largest absolute Gasteiger partial charge is 0.466 e. The van der Waals surface area contributed by atoms with Gasteiger partial charge in [0.1, 0.15) is 0 Å². The van der Waals surface area contributed by atoms with Crippen LogP contribution in [-0.2, 0) is 9.53 Å². The second-order valence-corrected chi connectivity index (χ2v) is 4.49. The Kier molecular flexibility index (Phi) is 7.83. The Labute approximate surface area is 99.1 Å². The first-order valence-electron chi connectivity index (χ1n) is 6.70. The quantitative estimate of drug-likeness (QED) is 0.459. The van der Waals surface area contributed by atoms with Gasteiger partial charge in [0.05, 0.1) is 6.61 Å². The zero-order valence-electron chi connectivity index (χ0n) is 10.2. The highest BCUT2D eigenvalue weighted by molar-refractivity contribution is 5.69. The minimum Gasteiger partial charge on any atom is -0.466 e. The third-order valence-electron chi connectivity index (χ3n) is 2.95. The molecule has 2 heteroatoms. The van der Waals surface area contributed by atoms with Gasteiger partial charge in [-0.05, 0) is 32.1 Å². The van der Waals surface area contributed by atoms with Crippen LogP contribution >= 0.6 is 0 Å². The van der Waals surface area contributed by atoms with Crippen molar-refractivity contribution in [2.45, 2.75) is 64.2 Å². The van der Waals surface area contributed by atoms with Crippen molar-refractivity contribution in [1.82, 2.24) is 0 Å². The minimum absolute atomic E-state index is 0.0247. The number of cyclic esters (lactones) is 1. The molecule has 16 heavy (non-hydrogen) atoms. The van der Waals surface area contributed by atoms with Crippen LogP contribution < -0.4 is 0 Å². The van der Waals surface area contributed by atoms with E-state index in [0.29, 0.717) is 13.0 Å². The van der Waals surface area contributed by atoms with Gasteiger partial charge < -0.3 is 4.74 Å². The van der Waals surface area contributed by atoms with Crippen molar-refractivity contribution in [1.29, 1.82) is 0 Å². The molecule has 0 aromatic carbocycles. The Bertz CT molecular complexity index is 209. The van der Waals surface area contributed by atoms with E-state index in [0.717, 1.165) is 19.3 Å². The molecule has 0 spiro atoms. The van der Waals surface area contributed by atoms with Crippen molar-refractivity contribution in [2.24, 2.45) is 0 Å². The Hall–Kier alpha value is -0.790. The first-order chi connectivity index (χ1) is 7.89.